The number of aliphatic carboxylic acids is 1. The predicted octanol–water partition coefficient (Wildman–Crippen LogP) is 1.32. The zero-order valence-electron chi connectivity index (χ0n) is 11.2. The molecule has 2 rings (SSSR count). The lowest BCUT2D eigenvalue weighted by molar-refractivity contribution is -0.139. The molecule has 1 aromatic carbocycles. The molecule has 1 atom stereocenters. The number of halogens is 2. The Hall–Kier alpha value is -1.97. The lowest BCUT2D eigenvalue weighted by Crippen LogP contribution is -2.34. The Morgan fingerprint density at radius 2 is 2.14 bits per heavy atom. The quantitative estimate of drug-likeness (QED) is 0.849. The van der Waals surface area contributed by atoms with Crippen molar-refractivity contribution in [2.24, 2.45) is 7.05 Å². The number of hydrogen-bond acceptors (Lipinski definition) is 4. The van der Waals surface area contributed by atoms with E-state index in [1.54, 1.807) is 0 Å². The number of carboxylic acid groups (broad SMARTS) is 1. The smallest absolute Gasteiger partial charge is 0.326 e. The number of aryl methyl sites for hydroxylation is 1. The van der Waals surface area contributed by atoms with E-state index < -0.39 is 27.9 Å². The van der Waals surface area contributed by atoms with Crippen LogP contribution in [-0.4, -0.2) is 29.3 Å². The molecule has 10 heteroatoms. The number of rotatable bonds is 5. The molecule has 0 aliphatic heterocycles. The fourth-order valence-corrected chi connectivity index (χ4v) is 3.21. The molecular weight excluding hydrogens is 337 g/mol. The molecule has 0 aliphatic rings. The fourth-order valence-electron chi connectivity index (χ4n) is 1.79. The molecule has 0 fully saturated rings. The molecule has 0 spiro atoms. The molecule has 0 radical (unpaired) electrons. The maximum absolute atomic E-state index is 13.5. The van der Waals surface area contributed by atoms with E-state index in [0.29, 0.717) is 0 Å². The van der Waals surface area contributed by atoms with Gasteiger partial charge in [-0.05, 0) is 23.8 Å². The highest BCUT2D eigenvalue weighted by Gasteiger charge is 2.29. The minimum Gasteiger partial charge on any atom is -0.480 e. The second-order valence-electron chi connectivity index (χ2n) is 4.36. The van der Waals surface area contributed by atoms with Gasteiger partial charge < -0.3 is 5.11 Å². The highest BCUT2D eigenvalue weighted by molar-refractivity contribution is 7.89. The zero-order chi connectivity index (χ0) is 16.5. The van der Waals surface area contributed by atoms with Crippen molar-refractivity contribution < 1.29 is 22.7 Å². The van der Waals surface area contributed by atoms with Gasteiger partial charge in [-0.25, -0.2) is 12.8 Å². The van der Waals surface area contributed by atoms with Crippen molar-refractivity contribution in [3.05, 3.63) is 46.9 Å². The van der Waals surface area contributed by atoms with Crippen molar-refractivity contribution >= 4 is 27.6 Å². The van der Waals surface area contributed by atoms with Crippen LogP contribution in [0.25, 0.3) is 0 Å². The fraction of sp³-hybridized carbons (Fsp3) is 0.167. The number of nitrogens with zero attached hydrogens (tertiary/aromatic N) is 2. The number of carboxylic acids is 1. The van der Waals surface area contributed by atoms with E-state index in [0.717, 1.165) is 16.8 Å². The first kappa shape index (κ1) is 16.4. The first-order valence-electron chi connectivity index (χ1n) is 5.90. The summed E-state index contributed by atoms with van der Waals surface area (Å²) >= 11 is 5.53. The average Bonchev–Trinajstić information content (AvgIpc) is 2.86. The molecule has 1 unspecified atom stereocenters. The van der Waals surface area contributed by atoms with Crippen molar-refractivity contribution in [2.45, 2.75) is 11.1 Å². The van der Waals surface area contributed by atoms with E-state index >= 15 is 0 Å². The van der Waals surface area contributed by atoms with Gasteiger partial charge >= 0.3 is 5.97 Å². The van der Waals surface area contributed by atoms with Crippen molar-refractivity contribution in [3.63, 3.8) is 0 Å². The van der Waals surface area contributed by atoms with Gasteiger partial charge in [0.05, 0.1) is 11.2 Å². The van der Waals surface area contributed by atoms with Gasteiger partial charge in [-0.2, -0.15) is 9.82 Å². The first-order valence-corrected chi connectivity index (χ1v) is 7.76. The Kier molecular flexibility index (Phi) is 4.50. The second-order valence-corrected chi connectivity index (χ2v) is 6.43. The standard InChI is InChI=1S/C12H11ClFN3O4S/c1-17-10(4-5-15-17)22(20,21)16-11(12(18)19)7-2-3-8(13)9(14)6-7/h2-6,11,16H,1H3,(H,18,19). The normalized spacial score (nSPS) is 13.0. The van der Waals surface area contributed by atoms with Gasteiger partial charge in [0.25, 0.3) is 10.0 Å². The second kappa shape index (κ2) is 6.03. The van der Waals surface area contributed by atoms with Crippen LogP contribution in [0.3, 0.4) is 0 Å². The summed E-state index contributed by atoms with van der Waals surface area (Å²) in [4.78, 5) is 11.3. The highest BCUT2D eigenvalue weighted by atomic mass is 35.5. The van der Waals surface area contributed by atoms with Crippen LogP contribution in [0.4, 0.5) is 4.39 Å². The summed E-state index contributed by atoms with van der Waals surface area (Å²) in [7, 11) is -2.75. The van der Waals surface area contributed by atoms with Gasteiger partial charge in [0.2, 0.25) is 0 Å². The molecule has 1 heterocycles. The molecule has 0 amide bonds. The lowest BCUT2D eigenvalue weighted by Gasteiger charge is -2.15. The van der Waals surface area contributed by atoms with Crippen molar-refractivity contribution in [3.8, 4) is 0 Å². The third kappa shape index (κ3) is 3.26. The minimum atomic E-state index is -4.15. The van der Waals surface area contributed by atoms with Gasteiger partial charge in [-0.3, -0.25) is 9.48 Å². The number of carbonyl (C=O) groups is 1. The Bertz CT molecular complexity index is 822. The van der Waals surface area contributed by atoms with E-state index in [1.165, 1.54) is 25.4 Å². The molecule has 0 aliphatic carbocycles. The van der Waals surface area contributed by atoms with Crippen molar-refractivity contribution in [1.82, 2.24) is 14.5 Å². The SMILES string of the molecule is Cn1nccc1S(=O)(=O)NC(C(=O)O)c1ccc(Cl)c(F)c1. The Balaban J connectivity index is 2.40. The number of hydrogen-bond donors (Lipinski definition) is 2. The summed E-state index contributed by atoms with van der Waals surface area (Å²) < 4.78 is 40.9. The number of sulfonamides is 1. The van der Waals surface area contributed by atoms with E-state index in [-0.39, 0.29) is 15.6 Å². The third-order valence-corrected chi connectivity index (χ3v) is 4.65. The van der Waals surface area contributed by atoms with E-state index in [9.17, 15) is 22.7 Å². The van der Waals surface area contributed by atoms with Crippen LogP contribution in [0.2, 0.25) is 5.02 Å². The van der Waals surface area contributed by atoms with E-state index in [4.69, 9.17) is 11.6 Å². The number of benzene rings is 1. The van der Waals surface area contributed by atoms with Crippen LogP contribution in [0.1, 0.15) is 11.6 Å². The van der Waals surface area contributed by atoms with Gasteiger partial charge in [0, 0.05) is 7.05 Å². The van der Waals surface area contributed by atoms with Crippen LogP contribution in [-0.2, 0) is 21.9 Å². The molecule has 0 saturated heterocycles. The summed E-state index contributed by atoms with van der Waals surface area (Å²) in [6, 6.07) is 2.80. The molecule has 0 bridgehead atoms. The molecule has 7 nitrogen and oxygen atoms in total. The van der Waals surface area contributed by atoms with E-state index in [2.05, 4.69) is 5.10 Å². The summed E-state index contributed by atoms with van der Waals surface area (Å²) in [5, 5.41) is 12.5. The minimum absolute atomic E-state index is 0.0832. The highest BCUT2D eigenvalue weighted by Crippen LogP contribution is 2.22. The van der Waals surface area contributed by atoms with E-state index in [1.807, 2.05) is 4.72 Å². The average molecular weight is 348 g/mol. The third-order valence-electron chi connectivity index (χ3n) is 2.85. The molecule has 1 aromatic heterocycles. The summed E-state index contributed by atoms with van der Waals surface area (Å²) in [6.45, 7) is 0. The summed E-state index contributed by atoms with van der Waals surface area (Å²) in [5.41, 5.74) is -0.0832. The van der Waals surface area contributed by atoms with Crippen LogP contribution >= 0.6 is 11.6 Å². The summed E-state index contributed by atoms with van der Waals surface area (Å²) in [5.74, 6) is -2.32. The van der Waals surface area contributed by atoms with Crippen LogP contribution in [0.5, 0.6) is 0 Å². The lowest BCUT2D eigenvalue weighted by atomic mass is 10.1. The topological polar surface area (TPSA) is 101 Å². The molecule has 118 valence electrons. The van der Waals surface area contributed by atoms with Crippen molar-refractivity contribution in [2.75, 3.05) is 0 Å². The molecule has 2 aromatic rings. The van der Waals surface area contributed by atoms with Crippen LogP contribution < -0.4 is 4.72 Å². The Morgan fingerprint density at radius 3 is 2.64 bits per heavy atom. The Labute approximate surface area is 130 Å². The molecule has 22 heavy (non-hydrogen) atoms. The van der Waals surface area contributed by atoms with Crippen LogP contribution in [0.15, 0.2) is 35.5 Å². The summed E-state index contributed by atoms with van der Waals surface area (Å²) in [6.07, 6.45) is 1.26. The predicted molar refractivity (Wildman–Crippen MR) is 75.3 cm³/mol. The zero-order valence-corrected chi connectivity index (χ0v) is 12.8. The maximum Gasteiger partial charge on any atom is 0.326 e. The molecule has 0 saturated carbocycles. The number of nitrogens with one attached hydrogen (secondary N) is 1. The van der Waals surface area contributed by atoms with Gasteiger partial charge in [-0.15, -0.1) is 0 Å². The van der Waals surface area contributed by atoms with Gasteiger partial charge in [0.1, 0.15) is 11.9 Å². The Morgan fingerprint density at radius 1 is 1.45 bits per heavy atom. The van der Waals surface area contributed by atoms with Crippen molar-refractivity contribution in [1.29, 1.82) is 0 Å². The monoisotopic (exact) mass is 347 g/mol. The number of aromatic nitrogens is 2. The molecular formula is C12H11ClFN3O4S. The largest absolute Gasteiger partial charge is 0.480 e. The van der Waals surface area contributed by atoms with Gasteiger partial charge in [0.15, 0.2) is 5.03 Å². The maximum atomic E-state index is 13.5. The first-order chi connectivity index (χ1) is 10.2. The molecule has 2 N–H and O–H groups in total. The van der Waals surface area contributed by atoms with Crippen LogP contribution in [0, 0.1) is 5.82 Å². The van der Waals surface area contributed by atoms with Gasteiger partial charge in [-0.1, -0.05) is 17.7 Å².